The van der Waals surface area contributed by atoms with E-state index in [1.54, 1.807) is 0 Å². The SMILES string of the molecule is C=C[C@H](O)Oc1ccc(C2(c3ccc(N(c4ccc(C)cc4)c4ccc(C)cc4)cc3)CCCCC2)cc1. The van der Waals surface area contributed by atoms with E-state index < -0.39 is 6.29 Å². The second-order valence-corrected chi connectivity index (χ2v) is 10.5. The van der Waals surface area contributed by atoms with E-state index in [1.165, 1.54) is 47.6 Å². The molecule has 0 aromatic heterocycles. The third-order valence-electron chi connectivity index (χ3n) is 7.83. The molecule has 0 spiro atoms. The number of aryl methyl sites for hydroxylation is 2. The lowest BCUT2D eigenvalue weighted by Crippen LogP contribution is -2.30. The van der Waals surface area contributed by atoms with E-state index in [0.717, 1.165) is 29.9 Å². The van der Waals surface area contributed by atoms with Crippen LogP contribution in [0.5, 0.6) is 5.75 Å². The molecule has 1 saturated carbocycles. The molecular formula is C35H37NO2. The van der Waals surface area contributed by atoms with Crippen LogP contribution >= 0.6 is 0 Å². The third kappa shape index (κ3) is 5.39. The molecule has 0 heterocycles. The van der Waals surface area contributed by atoms with Crippen molar-refractivity contribution in [3.05, 3.63) is 132 Å². The molecule has 3 heteroatoms. The average molecular weight is 504 g/mol. The Bertz CT molecular complexity index is 1290. The maximum absolute atomic E-state index is 9.78. The van der Waals surface area contributed by atoms with Crippen LogP contribution in [0.4, 0.5) is 17.1 Å². The van der Waals surface area contributed by atoms with Crippen molar-refractivity contribution in [3.8, 4) is 5.75 Å². The molecule has 0 radical (unpaired) electrons. The summed E-state index contributed by atoms with van der Waals surface area (Å²) >= 11 is 0. The monoisotopic (exact) mass is 503 g/mol. The Hall–Kier alpha value is -3.82. The lowest BCUT2D eigenvalue weighted by Gasteiger charge is -2.39. The molecule has 1 aliphatic rings. The number of anilines is 3. The standard InChI is InChI=1S/C35H37NO2/c1-4-34(37)38-33-22-14-29(15-23-33)35(24-6-5-7-25-35)28-12-20-32(21-13-28)36(30-16-8-26(2)9-17-30)31-18-10-27(3)11-19-31/h4,8-23,34,37H,1,5-7,24-25H2,2-3H3/t34-/m1/s1. The molecule has 38 heavy (non-hydrogen) atoms. The van der Waals surface area contributed by atoms with Crippen LogP contribution in [-0.4, -0.2) is 11.4 Å². The van der Waals surface area contributed by atoms with Gasteiger partial charge in [0.25, 0.3) is 0 Å². The van der Waals surface area contributed by atoms with Crippen molar-refractivity contribution in [1.82, 2.24) is 0 Å². The van der Waals surface area contributed by atoms with Crippen molar-refractivity contribution in [2.24, 2.45) is 0 Å². The van der Waals surface area contributed by atoms with Gasteiger partial charge in [0, 0.05) is 22.5 Å². The Kier molecular flexibility index (Phi) is 7.67. The first-order chi connectivity index (χ1) is 18.5. The molecule has 4 aromatic rings. The first-order valence-electron chi connectivity index (χ1n) is 13.6. The molecule has 0 unspecified atom stereocenters. The van der Waals surface area contributed by atoms with E-state index in [4.69, 9.17) is 4.74 Å². The van der Waals surface area contributed by atoms with Gasteiger partial charge in [0.1, 0.15) is 5.75 Å². The first-order valence-corrected chi connectivity index (χ1v) is 13.6. The quantitative estimate of drug-likeness (QED) is 0.192. The van der Waals surface area contributed by atoms with Gasteiger partial charge in [-0.15, -0.1) is 0 Å². The van der Waals surface area contributed by atoms with Crippen LogP contribution < -0.4 is 9.64 Å². The summed E-state index contributed by atoms with van der Waals surface area (Å²) in [5, 5.41) is 9.78. The highest BCUT2D eigenvalue weighted by Gasteiger charge is 2.35. The third-order valence-corrected chi connectivity index (χ3v) is 7.83. The number of nitrogens with zero attached hydrogens (tertiary/aromatic N) is 1. The van der Waals surface area contributed by atoms with Gasteiger partial charge in [-0.3, -0.25) is 0 Å². The summed E-state index contributed by atoms with van der Waals surface area (Å²) in [5.74, 6) is 0.647. The van der Waals surface area contributed by atoms with Gasteiger partial charge in [-0.2, -0.15) is 0 Å². The van der Waals surface area contributed by atoms with E-state index in [1.807, 2.05) is 12.1 Å². The largest absolute Gasteiger partial charge is 0.461 e. The molecule has 1 N–H and O–H groups in total. The summed E-state index contributed by atoms with van der Waals surface area (Å²) in [5.41, 5.74) is 8.59. The van der Waals surface area contributed by atoms with Crippen molar-refractivity contribution in [2.75, 3.05) is 4.90 Å². The highest BCUT2D eigenvalue weighted by molar-refractivity contribution is 5.76. The summed E-state index contributed by atoms with van der Waals surface area (Å²) in [6, 6.07) is 34.9. The molecule has 0 aliphatic heterocycles. The number of aliphatic hydroxyl groups excluding tert-OH is 1. The van der Waals surface area contributed by atoms with E-state index >= 15 is 0 Å². The molecule has 1 fully saturated rings. The minimum atomic E-state index is -0.998. The fraction of sp³-hybridized carbons (Fsp3) is 0.257. The van der Waals surface area contributed by atoms with Crippen LogP contribution in [0.1, 0.15) is 54.4 Å². The number of aliphatic hydroxyl groups is 1. The second-order valence-electron chi connectivity index (χ2n) is 10.5. The summed E-state index contributed by atoms with van der Waals surface area (Å²) in [7, 11) is 0. The van der Waals surface area contributed by atoms with Crippen molar-refractivity contribution < 1.29 is 9.84 Å². The van der Waals surface area contributed by atoms with Crippen molar-refractivity contribution >= 4 is 17.1 Å². The van der Waals surface area contributed by atoms with Crippen LogP contribution in [0, 0.1) is 13.8 Å². The Morgan fingerprint density at radius 3 is 1.55 bits per heavy atom. The molecule has 1 atom stereocenters. The van der Waals surface area contributed by atoms with Crippen molar-refractivity contribution in [3.63, 3.8) is 0 Å². The minimum absolute atomic E-state index is 0.0229. The Morgan fingerprint density at radius 1 is 0.684 bits per heavy atom. The topological polar surface area (TPSA) is 32.7 Å². The summed E-state index contributed by atoms with van der Waals surface area (Å²) in [4.78, 5) is 2.33. The predicted octanol–water partition coefficient (Wildman–Crippen LogP) is 8.91. The van der Waals surface area contributed by atoms with E-state index in [9.17, 15) is 5.11 Å². The van der Waals surface area contributed by atoms with Crippen LogP contribution in [0.15, 0.2) is 110 Å². The van der Waals surface area contributed by atoms with E-state index in [0.29, 0.717) is 5.75 Å². The maximum Gasteiger partial charge on any atom is 0.216 e. The molecule has 4 aromatic carbocycles. The van der Waals surface area contributed by atoms with Gasteiger partial charge < -0.3 is 14.7 Å². The Balaban J connectivity index is 1.51. The molecular weight excluding hydrogens is 466 g/mol. The zero-order valence-electron chi connectivity index (χ0n) is 22.4. The zero-order chi connectivity index (χ0) is 26.5. The number of ether oxygens (including phenoxy) is 1. The van der Waals surface area contributed by atoms with Crippen LogP contribution in [0.25, 0.3) is 0 Å². The highest BCUT2D eigenvalue weighted by atomic mass is 16.6. The van der Waals surface area contributed by atoms with Gasteiger partial charge in [-0.25, -0.2) is 0 Å². The zero-order valence-corrected chi connectivity index (χ0v) is 22.4. The van der Waals surface area contributed by atoms with Crippen LogP contribution in [0.3, 0.4) is 0 Å². The molecule has 0 saturated heterocycles. The first kappa shape index (κ1) is 25.8. The van der Waals surface area contributed by atoms with E-state index in [2.05, 4.69) is 110 Å². The lowest BCUT2D eigenvalue weighted by molar-refractivity contribution is 0.0250. The molecule has 0 bridgehead atoms. The number of hydrogen-bond acceptors (Lipinski definition) is 3. The molecule has 1 aliphatic carbocycles. The van der Waals surface area contributed by atoms with Gasteiger partial charge in [0.05, 0.1) is 0 Å². The van der Waals surface area contributed by atoms with Gasteiger partial charge in [-0.1, -0.05) is 85.5 Å². The molecule has 194 valence electrons. The van der Waals surface area contributed by atoms with Gasteiger partial charge in [-0.05, 0) is 92.4 Å². The summed E-state index contributed by atoms with van der Waals surface area (Å²) < 4.78 is 5.52. The lowest BCUT2D eigenvalue weighted by atomic mass is 9.65. The molecule has 5 rings (SSSR count). The van der Waals surface area contributed by atoms with Crippen LogP contribution in [0.2, 0.25) is 0 Å². The maximum atomic E-state index is 9.78. The van der Waals surface area contributed by atoms with E-state index in [-0.39, 0.29) is 5.41 Å². The fourth-order valence-electron chi connectivity index (χ4n) is 5.70. The second kappa shape index (κ2) is 11.3. The predicted molar refractivity (Wildman–Crippen MR) is 158 cm³/mol. The molecule has 3 nitrogen and oxygen atoms in total. The van der Waals surface area contributed by atoms with Gasteiger partial charge in [0.2, 0.25) is 6.29 Å². The number of rotatable bonds is 8. The average Bonchev–Trinajstić information content (AvgIpc) is 2.96. The Labute approximate surface area is 227 Å². The minimum Gasteiger partial charge on any atom is -0.461 e. The highest BCUT2D eigenvalue weighted by Crippen LogP contribution is 2.46. The van der Waals surface area contributed by atoms with Gasteiger partial charge >= 0.3 is 0 Å². The van der Waals surface area contributed by atoms with Crippen molar-refractivity contribution in [2.45, 2.75) is 57.7 Å². The molecule has 0 amide bonds. The van der Waals surface area contributed by atoms with Gasteiger partial charge in [0.15, 0.2) is 0 Å². The normalized spacial score (nSPS) is 15.4. The van der Waals surface area contributed by atoms with Crippen molar-refractivity contribution in [1.29, 1.82) is 0 Å². The fourth-order valence-corrected chi connectivity index (χ4v) is 5.70. The number of hydrogen-bond donors (Lipinski definition) is 1. The van der Waals surface area contributed by atoms with Crippen LogP contribution in [-0.2, 0) is 5.41 Å². The Morgan fingerprint density at radius 2 is 1.11 bits per heavy atom. The number of benzene rings is 4. The smallest absolute Gasteiger partial charge is 0.216 e. The summed E-state index contributed by atoms with van der Waals surface area (Å²) in [6.07, 6.45) is 6.35. The summed E-state index contributed by atoms with van der Waals surface area (Å²) in [6.45, 7) is 7.83.